The van der Waals surface area contributed by atoms with Gasteiger partial charge in [0.1, 0.15) is 0 Å². The molecule has 34 heavy (non-hydrogen) atoms. The van der Waals surface area contributed by atoms with Gasteiger partial charge in [-0.1, -0.05) is 49.1 Å². The molecular weight excluding hydrogens is 423 g/mol. The Kier molecular flexibility index (Phi) is 8.41. The minimum atomic E-state index is -0.406. The van der Waals surface area contributed by atoms with Crippen molar-refractivity contribution in [2.45, 2.75) is 26.8 Å². The summed E-state index contributed by atoms with van der Waals surface area (Å²) in [5.74, 6) is -0.202. The Bertz CT molecular complexity index is 1250. The second-order valence-corrected chi connectivity index (χ2v) is 7.76. The standard InChI is InChI=1S/C29H29FN4/c1-6-8-26(31-5)14-13-22(7-2)27-16-18-33-29(28(27)30)34-21(4)23-9-11-24(12-10-23)25-15-17-32-20(3)19-25/h6-19,21H,1,5H2,2-4H3,(H,33,34)/b14-13-,22-7+,26-8-. The van der Waals surface area contributed by atoms with E-state index in [-0.39, 0.29) is 11.9 Å². The Morgan fingerprint density at radius 3 is 2.44 bits per heavy atom. The normalized spacial score (nSPS) is 13.1. The molecule has 0 saturated carbocycles. The van der Waals surface area contributed by atoms with E-state index in [2.05, 4.69) is 51.8 Å². The third-order valence-corrected chi connectivity index (χ3v) is 5.41. The van der Waals surface area contributed by atoms with Gasteiger partial charge in [0.2, 0.25) is 0 Å². The van der Waals surface area contributed by atoms with Gasteiger partial charge in [0, 0.05) is 23.7 Å². The first-order chi connectivity index (χ1) is 16.5. The number of halogens is 1. The first-order valence-electron chi connectivity index (χ1n) is 11.0. The number of hydrogen-bond acceptors (Lipinski definition) is 4. The summed E-state index contributed by atoms with van der Waals surface area (Å²) in [5.41, 5.74) is 6.03. The van der Waals surface area contributed by atoms with Crippen LogP contribution in [0.1, 0.15) is 36.7 Å². The van der Waals surface area contributed by atoms with Crippen molar-refractivity contribution < 1.29 is 4.39 Å². The maximum absolute atomic E-state index is 15.4. The van der Waals surface area contributed by atoms with Crippen molar-refractivity contribution in [1.29, 1.82) is 0 Å². The first kappa shape index (κ1) is 24.5. The summed E-state index contributed by atoms with van der Waals surface area (Å²) in [6.07, 6.45) is 12.2. The lowest BCUT2D eigenvalue weighted by atomic mass is 10.0. The van der Waals surface area contributed by atoms with Crippen molar-refractivity contribution in [3.8, 4) is 11.1 Å². The van der Waals surface area contributed by atoms with E-state index in [4.69, 9.17) is 0 Å². The van der Waals surface area contributed by atoms with Crippen LogP contribution in [-0.4, -0.2) is 16.7 Å². The molecule has 3 rings (SSSR count). The number of hydrogen-bond donors (Lipinski definition) is 1. The van der Waals surface area contributed by atoms with Crippen molar-refractivity contribution in [2.24, 2.45) is 4.99 Å². The fourth-order valence-electron chi connectivity index (χ4n) is 3.54. The Labute approximate surface area is 201 Å². The molecule has 0 saturated heterocycles. The largest absolute Gasteiger partial charge is 0.361 e. The minimum Gasteiger partial charge on any atom is -0.361 e. The Morgan fingerprint density at radius 2 is 1.79 bits per heavy atom. The number of nitrogens with zero attached hydrogens (tertiary/aromatic N) is 3. The molecular formula is C29H29FN4. The zero-order chi connectivity index (χ0) is 24.5. The molecule has 4 nitrogen and oxygen atoms in total. The third kappa shape index (κ3) is 6.01. The maximum atomic E-state index is 15.4. The molecule has 1 N–H and O–H groups in total. The predicted molar refractivity (Wildman–Crippen MR) is 141 cm³/mol. The SMILES string of the molecule is C=C/C=C(/C=C\C(=C/C)c1ccnc(NC(C)c2ccc(-c3ccnc(C)c3)cc2)c1F)N=C. The van der Waals surface area contributed by atoms with E-state index in [1.54, 1.807) is 36.6 Å². The van der Waals surface area contributed by atoms with Gasteiger partial charge in [0.05, 0.1) is 11.7 Å². The zero-order valence-corrected chi connectivity index (χ0v) is 19.8. The fourth-order valence-corrected chi connectivity index (χ4v) is 3.54. The van der Waals surface area contributed by atoms with Crippen LogP contribution in [0.15, 0.2) is 103 Å². The number of aryl methyl sites for hydroxylation is 1. The zero-order valence-electron chi connectivity index (χ0n) is 19.8. The molecule has 172 valence electrons. The van der Waals surface area contributed by atoms with Crippen LogP contribution in [0.3, 0.4) is 0 Å². The lowest BCUT2D eigenvalue weighted by Crippen LogP contribution is -2.10. The number of rotatable bonds is 9. The lowest BCUT2D eigenvalue weighted by molar-refractivity contribution is 0.617. The van der Waals surface area contributed by atoms with Crippen LogP contribution < -0.4 is 5.32 Å². The van der Waals surface area contributed by atoms with Crippen LogP contribution in [0.4, 0.5) is 10.2 Å². The number of anilines is 1. The highest BCUT2D eigenvalue weighted by Gasteiger charge is 2.15. The Balaban J connectivity index is 1.80. The molecule has 0 fully saturated rings. The van der Waals surface area contributed by atoms with Crippen molar-refractivity contribution in [1.82, 2.24) is 9.97 Å². The first-order valence-corrected chi connectivity index (χ1v) is 11.0. The average Bonchev–Trinajstić information content (AvgIpc) is 2.85. The van der Waals surface area contributed by atoms with Gasteiger partial charge >= 0.3 is 0 Å². The number of aliphatic imine (C=N–C) groups is 1. The fraction of sp³-hybridized carbons (Fsp3) is 0.138. The average molecular weight is 453 g/mol. The highest BCUT2D eigenvalue weighted by Crippen LogP contribution is 2.28. The molecule has 0 aliphatic carbocycles. The topological polar surface area (TPSA) is 50.2 Å². The smallest absolute Gasteiger partial charge is 0.173 e. The van der Waals surface area contributed by atoms with Crippen LogP contribution in [0, 0.1) is 12.7 Å². The highest BCUT2D eigenvalue weighted by molar-refractivity contribution is 5.76. The molecule has 0 radical (unpaired) electrons. The van der Waals surface area contributed by atoms with Crippen molar-refractivity contribution >= 4 is 18.1 Å². The lowest BCUT2D eigenvalue weighted by Gasteiger charge is -2.17. The monoisotopic (exact) mass is 452 g/mol. The summed E-state index contributed by atoms with van der Waals surface area (Å²) in [7, 11) is 0. The molecule has 3 aromatic rings. The molecule has 1 atom stereocenters. The van der Waals surface area contributed by atoms with Crippen molar-refractivity contribution in [3.63, 3.8) is 0 Å². The van der Waals surface area contributed by atoms with Gasteiger partial charge in [-0.15, -0.1) is 0 Å². The van der Waals surface area contributed by atoms with Crippen molar-refractivity contribution in [3.05, 3.63) is 120 Å². The number of nitrogens with one attached hydrogen (secondary N) is 1. The summed E-state index contributed by atoms with van der Waals surface area (Å²) in [4.78, 5) is 12.4. The van der Waals surface area contributed by atoms with E-state index >= 15 is 4.39 Å². The summed E-state index contributed by atoms with van der Waals surface area (Å²) in [5, 5.41) is 3.21. The van der Waals surface area contributed by atoms with Crippen LogP contribution in [0.2, 0.25) is 0 Å². The molecule has 0 bridgehead atoms. The van der Waals surface area contributed by atoms with E-state index in [1.165, 1.54) is 0 Å². The molecule has 0 aliphatic rings. The second-order valence-electron chi connectivity index (χ2n) is 7.76. The highest BCUT2D eigenvalue weighted by atomic mass is 19.1. The predicted octanol–water partition coefficient (Wildman–Crippen LogP) is 7.49. The number of aromatic nitrogens is 2. The Hall–Kier alpha value is -4.12. The van der Waals surface area contributed by atoms with Gasteiger partial charge in [-0.05, 0) is 80.1 Å². The second kappa shape index (κ2) is 11.7. The van der Waals surface area contributed by atoms with E-state index in [0.29, 0.717) is 16.8 Å². The van der Waals surface area contributed by atoms with Gasteiger partial charge in [0.25, 0.3) is 0 Å². The van der Waals surface area contributed by atoms with E-state index in [9.17, 15) is 0 Å². The number of pyridine rings is 2. The van der Waals surface area contributed by atoms with Crippen molar-refractivity contribution in [2.75, 3.05) is 5.32 Å². The van der Waals surface area contributed by atoms with Gasteiger partial charge in [-0.25, -0.2) is 9.37 Å². The quantitative estimate of drug-likeness (QED) is 0.270. The summed E-state index contributed by atoms with van der Waals surface area (Å²) in [6, 6.07) is 13.8. The molecule has 2 aromatic heterocycles. The van der Waals surface area contributed by atoms with Crippen LogP contribution in [-0.2, 0) is 0 Å². The third-order valence-electron chi connectivity index (χ3n) is 5.41. The molecule has 0 amide bonds. The van der Waals surface area contributed by atoms with Gasteiger partial charge in [-0.2, -0.15) is 0 Å². The maximum Gasteiger partial charge on any atom is 0.173 e. The Morgan fingerprint density at radius 1 is 1.06 bits per heavy atom. The summed E-state index contributed by atoms with van der Waals surface area (Å²) >= 11 is 0. The summed E-state index contributed by atoms with van der Waals surface area (Å²) in [6.45, 7) is 13.0. The summed E-state index contributed by atoms with van der Waals surface area (Å²) < 4.78 is 15.4. The molecule has 2 heterocycles. The van der Waals surface area contributed by atoms with Gasteiger partial charge in [-0.3, -0.25) is 9.98 Å². The van der Waals surface area contributed by atoms with Crippen LogP contribution >= 0.6 is 0 Å². The molecule has 1 aromatic carbocycles. The van der Waals surface area contributed by atoms with E-state index < -0.39 is 5.82 Å². The molecule has 0 aliphatic heterocycles. The van der Waals surface area contributed by atoms with Gasteiger partial charge < -0.3 is 5.32 Å². The van der Waals surface area contributed by atoms with Gasteiger partial charge in [0.15, 0.2) is 11.6 Å². The molecule has 0 spiro atoms. The number of allylic oxidation sites excluding steroid dienone is 6. The molecule has 5 heteroatoms. The van der Waals surface area contributed by atoms with E-state index in [0.717, 1.165) is 22.4 Å². The van der Waals surface area contributed by atoms with Crippen LogP contribution in [0.25, 0.3) is 16.7 Å². The number of benzene rings is 1. The van der Waals surface area contributed by atoms with E-state index in [1.807, 2.05) is 51.2 Å². The van der Waals surface area contributed by atoms with Crippen LogP contribution in [0.5, 0.6) is 0 Å². The minimum absolute atomic E-state index is 0.137. The molecule has 1 unspecified atom stereocenters.